The Balaban J connectivity index is 2.79. The second kappa shape index (κ2) is 5.26. The fourth-order valence-corrected chi connectivity index (χ4v) is 2.40. The number of allylic oxidation sites excluding steroid dienone is 1. The van der Waals surface area contributed by atoms with E-state index < -0.39 is 0 Å². The van der Waals surface area contributed by atoms with Crippen molar-refractivity contribution in [2.75, 3.05) is 6.61 Å². The summed E-state index contributed by atoms with van der Waals surface area (Å²) in [4.78, 5) is 12.7. The van der Waals surface area contributed by atoms with Crippen molar-refractivity contribution < 1.29 is 9.53 Å². The van der Waals surface area contributed by atoms with E-state index in [0.717, 1.165) is 29.7 Å². The number of ether oxygens (including phenoxy) is 1. The van der Waals surface area contributed by atoms with Gasteiger partial charge >= 0.3 is 5.97 Å². The smallest absolute Gasteiger partial charge is 0.334 e. The van der Waals surface area contributed by atoms with Crippen molar-refractivity contribution in [1.29, 1.82) is 0 Å². The van der Waals surface area contributed by atoms with E-state index in [9.17, 15) is 4.79 Å². The minimum atomic E-state index is -0.179. The minimum absolute atomic E-state index is 0.179. The van der Waals surface area contributed by atoms with Crippen molar-refractivity contribution in [2.45, 2.75) is 47.0 Å². The molecule has 0 bridgehead atoms. The van der Waals surface area contributed by atoms with Crippen molar-refractivity contribution >= 4 is 18.6 Å². The van der Waals surface area contributed by atoms with Crippen LogP contribution in [0.1, 0.15) is 47.0 Å². The van der Waals surface area contributed by atoms with Gasteiger partial charge in [0.1, 0.15) is 0 Å². The fourth-order valence-electron chi connectivity index (χ4n) is 2.09. The highest BCUT2D eigenvalue weighted by molar-refractivity contribution is 7.84. The molecule has 1 unspecified atom stereocenters. The van der Waals surface area contributed by atoms with Gasteiger partial charge in [0.15, 0.2) is 0 Å². The SMILES string of the molecule is CCOC(=O)C1=C(S)CCC(C(C)(C)C)C1. The third-order valence-electron chi connectivity index (χ3n) is 3.28. The molecule has 0 saturated heterocycles. The molecule has 0 heterocycles. The summed E-state index contributed by atoms with van der Waals surface area (Å²) in [7, 11) is 0. The molecule has 0 radical (unpaired) electrons. The van der Waals surface area contributed by atoms with Gasteiger partial charge in [0.25, 0.3) is 0 Å². The van der Waals surface area contributed by atoms with Crippen molar-refractivity contribution in [1.82, 2.24) is 0 Å². The van der Waals surface area contributed by atoms with E-state index in [2.05, 4.69) is 33.4 Å². The van der Waals surface area contributed by atoms with Crippen LogP contribution in [0.2, 0.25) is 0 Å². The van der Waals surface area contributed by atoms with Crippen LogP contribution in [0.25, 0.3) is 0 Å². The lowest BCUT2D eigenvalue weighted by atomic mass is 9.72. The summed E-state index contributed by atoms with van der Waals surface area (Å²) in [6, 6.07) is 0. The highest BCUT2D eigenvalue weighted by atomic mass is 32.1. The quantitative estimate of drug-likeness (QED) is 0.592. The topological polar surface area (TPSA) is 26.3 Å². The Bertz CT molecular complexity index is 300. The Morgan fingerprint density at radius 3 is 2.62 bits per heavy atom. The van der Waals surface area contributed by atoms with E-state index >= 15 is 0 Å². The van der Waals surface area contributed by atoms with Crippen LogP contribution in [0.5, 0.6) is 0 Å². The number of hydrogen-bond donors (Lipinski definition) is 1. The van der Waals surface area contributed by atoms with E-state index in [-0.39, 0.29) is 11.4 Å². The molecule has 1 atom stereocenters. The van der Waals surface area contributed by atoms with Crippen LogP contribution < -0.4 is 0 Å². The van der Waals surface area contributed by atoms with E-state index in [4.69, 9.17) is 4.74 Å². The molecule has 1 aliphatic carbocycles. The molecule has 0 aromatic carbocycles. The molecule has 0 fully saturated rings. The average Bonchev–Trinajstić information content (AvgIpc) is 2.16. The average molecular weight is 242 g/mol. The van der Waals surface area contributed by atoms with Crippen LogP contribution in [-0.4, -0.2) is 12.6 Å². The molecule has 1 aliphatic rings. The monoisotopic (exact) mass is 242 g/mol. The highest BCUT2D eigenvalue weighted by Gasteiger charge is 2.31. The van der Waals surface area contributed by atoms with E-state index in [1.165, 1.54) is 0 Å². The largest absolute Gasteiger partial charge is 0.463 e. The summed E-state index contributed by atoms with van der Waals surface area (Å²) >= 11 is 4.40. The Morgan fingerprint density at radius 1 is 1.50 bits per heavy atom. The first-order valence-electron chi connectivity index (χ1n) is 5.94. The van der Waals surface area contributed by atoms with Gasteiger partial charge in [0, 0.05) is 5.57 Å². The first-order chi connectivity index (χ1) is 7.36. The van der Waals surface area contributed by atoms with E-state index in [1.54, 1.807) is 0 Å². The zero-order valence-electron chi connectivity index (χ0n) is 10.7. The third kappa shape index (κ3) is 3.27. The summed E-state index contributed by atoms with van der Waals surface area (Å²) in [5, 5.41) is 0. The molecule has 0 aromatic rings. The number of hydrogen-bond acceptors (Lipinski definition) is 3. The van der Waals surface area contributed by atoms with E-state index in [0.29, 0.717) is 12.5 Å². The van der Waals surface area contributed by atoms with Gasteiger partial charge in [-0.3, -0.25) is 0 Å². The predicted octanol–water partition coefficient (Wildman–Crippen LogP) is 3.58. The first kappa shape index (κ1) is 13.6. The number of rotatable bonds is 2. The van der Waals surface area contributed by atoms with Gasteiger partial charge in [0.2, 0.25) is 0 Å². The summed E-state index contributed by atoms with van der Waals surface area (Å²) in [5.74, 6) is 0.365. The van der Waals surface area contributed by atoms with E-state index in [1.807, 2.05) is 6.92 Å². The lowest BCUT2D eigenvalue weighted by Gasteiger charge is -2.34. The van der Waals surface area contributed by atoms with Crippen molar-refractivity contribution in [3.63, 3.8) is 0 Å². The van der Waals surface area contributed by atoms with Gasteiger partial charge in [-0.05, 0) is 42.4 Å². The number of carbonyl (C=O) groups is 1. The second-order valence-corrected chi connectivity index (χ2v) is 5.99. The second-order valence-electron chi connectivity index (χ2n) is 5.45. The standard InChI is InChI=1S/C13H22O2S/c1-5-15-12(14)10-8-9(13(2,3)4)6-7-11(10)16/h9,16H,5-8H2,1-4H3. The molecule has 1 rings (SSSR count). The lowest BCUT2D eigenvalue weighted by molar-refractivity contribution is -0.139. The van der Waals surface area contributed by atoms with Crippen LogP contribution in [0.4, 0.5) is 0 Å². The van der Waals surface area contributed by atoms with Crippen molar-refractivity contribution in [3.05, 3.63) is 10.5 Å². The first-order valence-corrected chi connectivity index (χ1v) is 6.39. The molecule has 0 amide bonds. The zero-order chi connectivity index (χ0) is 12.3. The molecule has 2 nitrogen and oxygen atoms in total. The molecule has 0 saturated carbocycles. The van der Waals surface area contributed by atoms with Gasteiger partial charge in [-0.15, -0.1) is 12.6 Å². The maximum absolute atomic E-state index is 11.8. The molecule has 0 aliphatic heterocycles. The number of esters is 1. The Kier molecular flexibility index (Phi) is 4.48. The third-order valence-corrected chi connectivity index (χ3v) is 3.77. The van der Waals surface area contributed by atoms with Crippen LogP contribution in [-0.2, 0) is 9.53 Å². The maximum atomic E-state index is 11.8. The predicted molar refractivity (Wildman–Crippen MR) is 69.4 cm³/mol. The summed E-state index contributed by atoms with van der Waals surface area (Å²) in [6.45, 7) is 8.95. The number of carbonyl (C=O) groups excluding carboxylic acids is 1. The Morgan fingerprint density at radius 2 is 2.12 bits per heavy atom. The molecule has 16 heavy (non-hydrogen) atoms. The van der Waals surface area contributed by atoms with Crippen molar-refractivity contribution in [3.8, 4) is 0 Å². The van der Waals surface area contributed by atoms with Gasteiger partial charge in [0.05, 0.1) is 6.61 Å². The zero-order valence-corrected chi connectivity index (χ0v) is 11.6. The summed E-state index contributed by atoms with van der Waals surface area (Å²) < 4.78 is 5.07. The molecule has 3 heteroatoms. The van der Waals surface area contributed by atoms with Gasteiger partial charge in [-0.1, -0.05) is 20.8 Å². The Labute approximate surface area is 104 Å². The molecular weight excluding hydrogens is 220 g/mol. The van der Waals surface area contributed by atoms with Crippen LogP contribution >= 0.6 is 12.6 Å². The minimum Gasteiger partial charge on any atom is -0.463 e. The van der Waals surface area contributed by atoms with Gasteiger partial charge in [-0.2, -0.15) is 0 Å². The molecule has 0 aromatic heterocycles. The normalized spacial score (nSPS) is 22.2. The molecular formula is C13H22O2S. The summed E-state index contributed by atoms with van der Waals surface area (Å²) in [6.07, 6.45) is 2.83. The molecule has 92 valence electrons. The van der Waals surface area contributed by atoms with Crippen LogP contribution in [0.15, 0.2) is 10.5 Å². The van der Waals surface area contributed by atoms with Crippen LogP contribution in [0.3, 0.4) is 0 Å². The number of thiol groups is 1. The highest BCUT2D eigenvalue weighted by Crippen LogP contribution is 2.41. The van der Waals surface area contributed by atoms with Crippen LogP contribution in [0, 0.1) is 11.3 Å². The lowest BCUT2D eigenvalue weighted by Crippen LogP contribution is -2.26. The van der Waals surface area contributed by atoms with Gasteiger partial charge < -0.3 is 4.74 Å². The van der Waals surface area contributed by atoms with Crippen molar-refractivity contribution in [2.24, 2.45) is 11.3 Å². The molecule has 0 spiro atoms. The fraction of sp³-hybridized carbons (Fsp3) is 0.769. The van der Waals surface area contributed by atoms with Gasteiger partial charge in [-0.25, -0.2) is 4.79 Å². The molecule has 0 N–H and O–H groups in total. The maximum Gasteiger partial charge on any atom is 0.334 e. The summed E-state index contributed by atoms with van der Waals surface area (Å²) in [5.41, 5.74) is 1.03. The Hall–Kier alpha value is -0.440.